The van der Waals surface area contributed by atoms with Crippen molar-refractivity contribution in [1.82, 2.24) is 15.5 Å². The molecule has 4 nitrogen and oxygen atoms in total. The maximum absolute atomic E-state index is 5.93. The van der Waals surface area contributed by atoms with Crippen LogP contribution in [0.3, 0.4) is 0 Å². The van der Waals surface area contributed by atoms with Crippen LogP contribution in [0, 0.1) is 0 Å². The molecule has 0 aliphatic heterocycles. The normalized spacial score (nSPS) is 12.2. The van der Waals surface area contributed by atoms with Crippen molar-refractivity contribution in [1.29, 1.82) is 0 Å². The first kappa shape index (κ1) is 19.6. The summed E-state index contributed by atoms with van der Waals surface area (Å²) in [5, 5.41) is 12.9. The van der Waals surface area contributed by atoms with Crippen LogP contribution in [0.4, 0.5) is 0 Å². The Morgan fingerprint density at radius 1 is 0.963 bits per heavy atom. The molecule has 0 aliphatic rings. The SMILES string of the molecule is CCCNCc1ccc(-c2nnc(SC(CCC)c3ccccc3)o2)cc1. The van der Waals surface area contributed by atoms with Gasteiger partial charge in [-0.1, -0.05) is 74.5 Å². The van der Waals surface area contributed by atoms with Crippen molar-refractivity contribution in [3.05, 3.63) is 65.7 Å². The summed E-state index contributed by atoms with van der Waals surface area (Å²) in [6.07, 6.45) is 3.33. The predicted molar refractivity (Wildman–Crippen MR) is 112 cm³/mol. The molecular weight excluding hydrogens is 354 g/mol. The average Bonchev–Trinajstić information content (AvgIpc) is 3.18. The molecule has 1 N–H and O–H groups in total. The zero-order valence-electron chi connectivity index (χ0n) is 16.0. The monoisotopic (exact) mass is 381 g/mol. The molecule has 5 heteroatoms. The molecule has 0 saturated heterocycles. The lowest BCUT2D eigenvalue weighted by Crippen LogP contribution is -2.13. The van der Waals surface area contributed by atoms with E-state index in [1.807, 2.05) is 18.2 Å². The summed E-state index contributed by atoms with van der Waals surface area (Å²) in [6, 6.07) is 18.8. The second-order valence-electron chi connectivity index (χ2n) is 6.55. The third-order valence-corrected chi connectivity index (χ3v) is 5.49. The Morgan fingerprint density at radius 3 is 2.44 bits per heavy atom. The van der Waals surface area contributed by atoms with E-state index in [4.69, 9.17) is 4.42 Å². The number of nitrogens with zero attached hydrogens (tertiary/aromatic N) is 2. The molecule has 0 spiro atoms. The predicted octanol–water partition coefficient (Wildman–Crippen LogP) is 5.87. The van der Waals surface area contributed by atoms with Crippen LogP contribution >= 0.6 is 11.8 Å². The second kappa shape index (κ2) is 10.3. The minimum absolute atomic E-state index is 0.330. The van der Waals surface area contributed by atoms with Gasteiger partial charge in [-0.3, -0.25) is 0 Å². The first-order valence-corrected chi connectivity index (χ1v) is 10.5. The van der Waals surface area contributed by atoms with Gasteiger partial charge in [0.1, 0.15) is 0 Å². The zero-order valence-corrected chi connectivity index (χ0v) is 16.8. The lowest BCUT2D eigenvalue weighted by Gasteiger charge is -2.13. The number of aromatic nitrogens is 2. The van der Waals surface area contributed by atoms with Crippen LogP contribution in [0.25, 0.3) is 11.5 Å². The fourth-order valence-corrected chi connectivity index (χ4v) is 4.00. The number of nitrogens with one attached hydrogen (secondary N) is 1. The number of hydrogen-bond acceptors (Lipinski definition) is 5. The van der Waals surface area contributed by atoms with Crippen LogP contribution in [-0.2, 0) is 6.54 Å². The van der Waals surface area contributed by atoms with Gasteiger partial charge in [0.25, 0.3) is 5.22 Å². The Labute approximate surface area is 165 Å². The van der Waals surface area contributed by atoms with Gasteiger partial charge in [0, 0.05) is 17.4 Å². The van der Waals surface area contributed by atoms with E-state index >= 15 is 0 Å². The van der Waals surface area contributed by atoms with E-state index in [0.717, 1.165) is 37.9 Å². The van der Waals surface area contributed by atoms with Gasteiger partial charge < -0.3 is 9.73 Å². The molecule has 0 saturated carbocycles. The first-order chi connectivity index (χ1) is 13.3. The molecule has 3 aromatic rings. The van der Waals surface area contributed by atoms with E-state index in [9.17, 15) is 0 Å². The Balaban J connectivity index is 1.66. The van der Waals surface area contributed by atoms with Crippen LogP contribution in [0.1, 0.15) is 49.5 Å². The molecule has 0 bridgehead atoms. The van der Waals surface area contributed by atoms with Gasteiger partial charge in [-0.05, 0) is 42.6 Å². The summed E-state index contributed by atoms with van der Waals surface area (Å²) in [5.41, 5.74) is 3.52. The van der Waals surface area contributed by atoms with Crippen LogP contribution in [0.15, 0.2) is 64.2 Å². The van der Waals surface area contributed by atoms with Gasteiger partial charge in [0.15, 0.2) is 0 Å². The fraction of sp³-hybridized carbons (Fsp3) is 0.364. The van der Waals surface area contributed by atoms with Gasteiger partial charge in [0.05, 0.1) is 0 Å². The highest BCUT2D eigenvalue weighted by Gasteiger charge is 2.17. The smallest absolute Gasteiger partial charge is 0.277 e. The van der Waals surface area contributed by atoms with E-state index in [1.165, 1.54) is 11.1 Å². The van der Waals surface area contributed by atoms with Crippen molar-refractivity contribution in [2.45, 2.75) is 50.1 Å². The maximum Gasteiger partial charge on any atom is 0.277 e. The summed E-state index contributed by atoms with van der Waals surface area (Å²) in [5.74, 6) is 0.578. The maximum atomic E-state index is 5.93. The average molecular weight is 382 g/mol. The van der Waals surface area contributed by atoms with Crippen LogP contribution < -0.4 is 5.32 Å². The van der Waals surface area contributed by atoms with Gasteiger partial charge in [-0.25, -0.2) is 0 Å². The molecule has 142 valence electrons. The molecule has 2 aromatic carbocycles. The highest BCUT2D eigenvalue weighted by Crippen LogP contribution is 2.38. The summed E-state index contributed by atoms with van der Waals surface area (Å²) in [7, 11) is 0. The molecule has 0 fully saturated rings. The van der Waals surface area contributed by atoms with Gasteiger partial charge in [-0.15, -0.1) is 10.2 Å². The van der Waals surface area contributed by atoms with E-state index in [1.54, 1.807) is 11.8 Å². The molecule has 1 atom stereocenters. The second-order valence-corrected chi connectivity index (χ2v) is 7.71. The molecule has 1 aromatic heterocycles. The van der Waals surface area contributed by atoms with E-state index in [-0.39, 0.29) is 0 Å². The Kier molecular flexibility index (Phi) is 7.48. The van der Waals surface area contributed by atoms with Gasteiger partial charge in [-0.2, -0.15) is 0 Å². The number of thioether (sulfide) groups is 1. The summed E-state index contributed by atoms with van der Waals surface area (Å²) in [6.45, 7) is 6.29. The third-order valence-electron chi connectivity index (χ3n) is 4.33. The van der Waals surface area contributed by atoms with E-state index in [2.05, 4.69) is 65.8 Å². The summed E-state index contributed by atoms with van der Waals surface area (Å²) >= 11 is 1.65. The van der Waals surface area contributed by atoms with Crippen molar-refractivity contribution in [3.8, 4) is 11.5 Å². The molecule has 27 heavy (non-hydrogen) atoms. The van der Waals surface area contributed by atoms with Crippen LogP contribution in [0.2, 0.25) is 0 Å². The zero-order chi connectivity index (χ0) is 18.9. The van der Waals surface area contributed by atoms with E-state index < -0.39 is 0 Å². The number of hydrogen-bond donors (Lipinski definition) is 1. The van der Waals surface area contributed by atoms with Crippen LogP contribution in [0.5, 0.6) is 0 Å². The van der Waals surface area contributed by atoms with Crippen molar-refractivity contribution in [2.75, 3.05) is 6.54 Å². The largest absolute Gasteiger partial charge is 0.411 e. The summed E-state index contributed by atoms with van der Waals surface area (Å²) in [4.78, 5) is 0. The number of benzene rings is 2. The van der Waals surface area contributed by atoms with E-state index in [0.29, 0.717) is 16.4 Å². The number of rotatable bonds is 10. The highest BCUT2D eigenvalue weighted by atomic mass is 32.2. The molecule has 1 unspecified atom stereocenters. The summed E-state index contributed by atoms with van der Waals surface area (Å²) < 4.78 is 5.93. The molecule has 0 aliphatic carbocycles. The molecule has 0 amide bonds. The van der Waals surface area contributed by atoms with Crippen molar-refractivity contribution >= 4 is 11.8 Å². The fourth-order valence-electron chi connectivity index (χ4n) is 2.89. The van der Waals surface area contributed by atoms with Gasteiger partial charge in [0.2, 0.25) is 5.89 Å². The Bertz CT molecular complexity index is 802. The standard InChI is InChI=1S/C22H27N3OS/c1-3-8-20(18-9-6-5-7-10-18)27-22-25-24-21(26-22)19-13-11-17(12-14-19)16-23-15-4-2/h5-7,9-14,20,23H,3-4,8,15-16H2,1-2H3. The molecular formula is C22H27N3OS. The minimum Gasteiger partial charge on any atom is -0.411 e. The lowest BCUT2D eigenvalue weighted by molar-refractivity contribution is 0.464. The third kappa shape index (κ3) is 5.68. The quantitative estimate of drug-likeness (QED) is 0.351. The van der Waals surface area contributed by atoms with Crippen molar-refractivity contribution < 1.29 is 4.42 Å². The molecule has 1 heterocycles. The van der Waals surface area contributed by atoms with Crippen molar-refractivity contribution in [2.24, 2.45) is 0 Å². The van der Waals surface area contributed by atoms with Crippen molar-refractivity contribution in [3.63, 3.8) is 0 Å². The Morgan fingerprint density at radius 2 is 1.74 bits per heavy atom. The topological polar surface area (TPSA) is 51.0 Å². The van der Waals surface area contributed by atoms with Crippen LogP contribution in [-0.4, -0.2) is 16.7 Å². The first-order valence-electron chi connectivity index (χ1n) is 9.65. The Hall–Kier alpha value is -2.11. The molecule has 0 radical (unpaired) electrons. The highest BCUT2D eigenvalue weighted by molar-refractivity contribution is 7.99. The minimum atomic E-state index is 0.330. The van der Waals surface area contributed by atoms with Gasteiger partial charge >= 0.3 is 0 Å². The molecule has 3 rings (SSSR count). The lowest BCUT2D eigenvalue weighted by atomic mass is 10.1.